The first-order valence-electron chi connectivity index (χ1n) is 13.5. The maximum Gasteiger partial charge on any atom is 0.417 e. The van der Waals surface area contributed by atoms with E-state index in [-0.39, 0.29) is 29.4 Å². The Morgan fingerprint density at radius 1 is 1.16 bits per heavy atom. The number of carbonyl (C=O) groups is 5. The van der Waals surface area contributed by atoms with Crippen LogP contribution in [0.5, 0.6) is 5.75 Å². The van der Waals surface area contributed by atoms with E-state index >= 15 is 0 Å². The summed E-state index contributed by atoms with van der Waals surface area (Å²) in [4.78, 5) is 70.2. The van der Waals surface area contributed by atoms with Gasteiger partial charge in [0.15, 0.2) is 12.4 Å². The number of esters is 1. The van der Waals surface area contributed by atoms with Crippen LogP contribution in [0.2, 0.25) is 0 Å². The largest absolute Gasteiger partial charge is 0.496 e. The van der Waals surface area contributed by atoms with Crippen LogP contribution in [0.1, 0.15) is 50.6 Å². The van der Waals surface area contributed by atoms with E-state index in [4.69, 9.17) is 9.47 Å². The number of hydrogen-bond donors (Lipinski definition) is 4. The second-order valence-electron chi connectivity index (χ2n) is 10.2. The van der Waals surface area contributed by atoms with Crippen molar-refractivity contribution in [1.29, 1.82) is 0 Å². The Kier molecular flexibility index (Phi) is 9.55. The van der Waals surface area contributed by atoms with Crippen molar-refractivity contribution in [2.24, 2.45) is 5.92 Å². The Bertz CT molecular complexity index is 1620. The van der Waals surface area contributed by atoms with Crippen molar-refractivity contribution in [3.63, 3.8) is 0 Å². The van der Waals surface area contributed by atoms with Crippen LogP contribution in [0.3, 0.4) is 0 Å². The minimum absolute atomic E-state index is 0.0384. The molecule has 1 saturated heterocycles. The van der Waals surface area contributed by atoms with Gasteiger partial charge in [-0.3, -0.25) is 24.2 Å². The number of aromatic nitrogens is 2. The van der Waals surface area contributed by atoms with Gasteiger partial charge in [0.25, 0.3) is 5.91 Å². The van der Waals surface area contributed by atoms with Crippen LogP contribution in [0.15, 0.2) is 30.3 Å². The average Bonchev–Trinajstić information content (AvgIpc) is 3.59. The van der Waals surface area contributed by atoms with Gasteiger partial charge in [-0.05, 0) is 51.0 Å². The molecule has 0 bridgehead atoms. The lowest BCUT2D eigenvalue weighted by molar-refractivity contribution is -0.138. The summed E-state index contributed by atoms with van der Waals surface area (Å²) in [6.45, 7) is 1.38. The van der Waals surface area contributed by atoms with Gasteiger partial charge >= 0.3 is 12.1 Å². The highest BCUT2D eigenvalue weighted by Gasteiger charge is 2.38. The van der Waals surface area contributed by atoms with Gasteiger partial charge in [-0.25, -0.2) is 4.79 Å². The van der Waals surface area contributed by atoms with Crippen molar-refractivity contribution in [2.45, 2.75) is 38.9 Å². The van der Waals surface area contributed by atoms with Crippen molar-refractivity contribution in [2.75, 3.05) is 26.8 Å². The molecule has 0 saturated carbocycles. The number of carbonyl (C=O) groups excluding carboxylic acids is 5. The number of hydrogen-bond acceptors (Lipinski definition) is 8. The molecule has 0 aliphatic carbocycles. The fourth-order valence-electron chi connectivity index (χ4n) is 4.97. The van der Waals surface area contributed by atoms with E-state index in [9.17, 15) is 37.1 Å². The molecule has 0 unspecified atom stereocenters. The van der Waals surface area contributed by atoms with Gasteiger partial charge in [0, 0.05) is 29.1 Å². The van der Waals surface area contributed by atoms with Gasteiger partial charge in [-0.2, -0.15) is 13.2 Å². The Labute approximate surface area is 249 Å². The van der Waals surface area contributed by atoms with E-state index in [0.717, 1.165) is 0 Å². The van der Waals surface area contributed by atoms with Gasteiger partial charge in [0.2, 0.25) is 11.8 Å². The molecule has 2 aromatic heterocycles. The quantitative estimate of drug-likeness (QED) is 0.238. The number of aromatic amines is 1. The lowest BCUT2D eigenvalue weighted by Crippen LogP contribution is -2.48. The summed E-state index contributed by atoms with van der Waals surface area (Å²) in [5, 5.41) is 8.14. The summed E-state index contributed by atoms with van der Waals surface area (Å²) in [6, 6.07) is 6.12. The number of pyridine rings is 1. The lowest BCUT2D eigenvalue weighted by atomic mass is 9.96. The molecule has 1 aliphatic rings. The third-order valence-electron chi connectivity index (χ3n) is 7.09. The van der Waals surface area contributed by atoms with Gasteiger partial charge in [-0.15, -0.1) is 0 Å². The Hall–Kier alpha value is -4.95. The molecule has 0 radical (unpaired) electrons. The van der Waals surface area contributed by atoms with Gasteiger partial charge in [-0.1, -0.05) is 6.07 Å². The highest BCUT2D eigenvalue weighted by Crippen LogP contribution is 2.34. The fourth-order valence-corrected chi connectivity index (χ4v) is 4.97. The highest BCUT2D eigenvalue weighted by molar-refractivity contribution is 6.01. The van der Waals surface area contributed by atoms with Crippen molar-refractivity contribution < 1.29 is 46.6 Å². The molecule has 4 rings (SSSR count). The summed E-state index contributed by atoms with van der Waals surface area (Å²) >= 11 is 0. The number of ether oxygens (including phenoxy) is 2. The number of benzene rings is 1. The van der Waals surface area contributed by atoms with Crippen LogP contribution in [0.25, 0.3) is 10.9 Å². The van der Waals surface area contributed by atoms with Crippen LogP contribution >= 0.6 is 0 Å². The van der Waals surface area contributed by atoms with Crippen LogP contribution < -0.4 is 20.7 Å². The SMILES string of the molecule is COc1cccc2[nH]c(C(=O)NCC(=O)N[C@@H](C[C@@H]3CCNC3=O)C(=O)COC(=O)c3c(C(F)(F)F)cc(C)nc3C)cc12. The fraction of sp³-hybridized carbons (Fsp3) is 0.379. The van der Waals surface area contributed by atoms with Crippen molar-refractivity contribution in [3.8, 4) is 5.75 Å². The topological polar surface area (TPSA) is 169 Å². The van der Waals surface area contributed by atoms with Crippen LogP contribution in [0.4, 0.5) is 13.2 Å². The average molecular weight is 618 g/mol. The monoisotopic (exact) mass is 617 g/mol. The molecule has 2 atom stereocenters. The summed E-state index contributed by atoms with van der Waals surface area (Å²) < 4.78 is 51.0. The Balaban J connectivity index is 1.42. The lowest BCUT2D eigenvalue weighted by Gasteiger charge is -2.20. The number of fused-ring (bicyclic) bond motifs is 1. The van der Waals surface area contributed by atoms with E-state index < -0.39 is 66.0 Å². The number of amides is 3. The number of alkyl halides is 3. The zero-order chi connectivity index (χ0) is 32.2. The number of ketones is 1. The molecule has 3 amide bonds. The normalized spacial score (nSPS) is 15.4. The number of rotatable bonds is 11. The summed E-state index contributed by atoms with van der Waals surface area (Å²) in [6.07, 6.45) is -4.66. The van der Waals surface area contributed by atoms with E-state index in [1.807, 2.05) is 0 Å². The van der Waals surface area contributed by atoms with E-state index in [0.29, 0.717) is 35.7 Å². The number of aryl methyl sites for hydroxylation is 2. The molecule has 44 heavy (non-hydrogen) atoms. The maximum absolute atomic E-state index is 13.6. The number of methoxy groups -OCH3 is 1. The van der Waals surface area contributed by atoms with Gasteiger partial charge in [0.1, 0.15) is 11.4 Å². The second-order valence-corrected chi connectivity index (χ2v) is 10.2. The molecular formula is C29H30F3N5O7. The van der Waals surface area contributed by atoms with Crippen LogP contribution in [-0.2, 0) is 25.3 Å². The molecule has 1 aliphatic heterocycles. The zero-order valence-electron chi connectivity index (χ0n) is 24.0. The van der Waals surface area contributed by atoms with Crippen molar-refractivity contribution in [1.82, 2.24) is 25.9 Å². The van der Waals surface area contributed by atoms with E-state index in [2.05, 4.69) is 25.9 Å². The van der Waals surface area contributed by atoms with Crippen LogP contribution in [-0.4, -0.2) is 72.3 Å². The summed E-state index contributed by atoms with van der Waals surface area (Å²) in [5.41, 5.74) is -1.49. The smallest absolute Gasteiger partial charge is 0.417 e. The van der Waals surface area contributed by atoms with Crippen LogP contribution in [0, 0.1) is 19.8 Å². The molecule has 4 N–H and O–H groups in total. The number of Topliss-reactive ketones (excluding diaryl/α,β-unsaturated/α-hetero) is 1. The number of nitrogens with zero attached hydrogens (tertiary/aromatic N) is 1. The molecule has 15 heteroatoms. The Morgan fingerprint density at radius 3 is 2.57 bits per heavy atom. The minimum atomic E-state index is -4.88. The molecule has 1 aromatic carbocycles. The van der Waals surface area contributed by atoms with E-state index in [1.165, 1.54) is 21.0 Å². The van der Waals surface area contributed by atoms with Crippen molar-refractivity contribution in [3.05, 3.63) is 58.5 Å². The molecule has 3 heterocycles. The van der Waals surface area contributed by atoms with E-state index in [1.54, 1.807) is 24.3 Å². The predicted molar refractivity (Wildman–Crippen MR) is 149 cm³/mol. The molecule has 1 fully saturated rings. The summed E-state index contributed by atoms with van der Waals surface area (Å²) in [7, 11) is 1.49. The maximum atomic E-state index is 13.6. The number of nitrogens with one attached hydrogen (secondary N) is 4. The number of halogens is 3. The zero-order valence-corrected chi connectivity index (χ0v) is 24.0. The molecule has 3 aromatic rings. The first-order chi connectivity index (χ1) is 20.8. The molecule has 0 spiro atoms. The third-order valence-corrected chi connectivity index (χ3v) is 7.09. The standard InChI is InChI=1S/C29H30F3N5O7/c1-14-9-18(29(30,31)32)25(15(2)35-14)28(42)44-13-22(38)20(10-16-7-8-33-26(16)40)37-24(39)12-34-27(41)21-11-17-19(36-21)5-4-6-23(17)43-3/h4-6,9,11,16,20,36H,7-8,10,12-13H2,1-3H3,(H,33,40)(H,34,41)(H,37,39)/t16-,20-/m0/s1. The number of H-pyrrole nitrogens is 1. The van der Waals surface area contributed by atoms with Gasteiger partial charge in [0.05, 0.1) is 36.5 Å². The molecule has 12 nitrogen and oxygen atoms in total. The Morgan fingerprint density at radius 2 is 1.91 bits per heavy atom. The highest BCUT2D eigenvalue weighted by atomic mass is 19.4. The summed E-state index contributed by atoms with van der Waals surface area (Å²) in [5.74, 6) is -4.12. The molecule has 234 valence electrons. The molecular weight excluding hydrogens is 587 g/mol. The van der Waals surface area contributed by atoms with Gasteiger partial charge < -0.3 is 30.4 Å². The third kappa shape index (κ3) is 7.33. The first kappa shape index (κ1) is 32.0. The predicted octanol–water partition coefficient (Wildman–Crippen LogP) is 2.37. The first-order valence-corrected chi connectivity index (χ1v) is 13.5. The van der Waals surface area contributed by atoms with Crippen molar-refractivity contribution >= 4 is 40.4 Å². The minimum Gasteiger partial charge on any atom is -0.496 e. The second kappa shape index (κ2) is 13.1.